The first-order valence-electron chi connectivity index (χ1n) is 9.62. The van der Waals surface area contributed by atoms with E-state index < -0.39 is 97.4 Å². The summed E-state index contributed by atoms with van der Waals surface area (Å²) in [6, 6.07) is 2.95. The fraction of sp³-hybridized carbons (Fsp3) is 0.174. The molecule has 0 fully saturated rings. The summed E-state index contributed by atoms with van der Waals surface area (Å²) < 4.78 is 166. The molecule has 17 heteroatoms. The molecule has 0 bridgehead atoms. The Morgan fingerprint density at radius 2 is 0.950 bits per heavy atom. The monoisotopic (exact) mass is 577 g/mol. The fourth-order valence-corrected chi connectivity index (χ4v) is 3.53. The van der Waals surface area contributed by atoms with Crippen molar-refractivity contribution in [1.29, 1.82) is 26.3 Å². The lowest BCUT2D eigenvalue weighted by Crippen LogP contribution is -2.36. The van der Waals surface area contributed by atoms with Crippen molar-refractivity contribution >= 4 is 11.1 Å². The van der Waals surface area contributed by atoms with Gasteiger partial charge in [0.1, 0.15) is 35.9 Å². The topological polar surface area (TPSA) is 119 Å². The molecule has 2 aromatic rings. The molecule has 0 aliphatic rings. The highest BCUT2D eigenvalue weighted by atomic mass is 19.4. The van der Waals surface area contributed by atoms with Crippen molar-refractivity contribution in [2.75, 3.05) is 0 Å². The van der Waals surface area contributed by atoms with Crippen LogP contribution in [0.5, 0.6) is 0 Å². The summed E-state index contributed by atoms with van der Waals surface area (Å²) in [5, 5.41) is 41.9. The minimum Gasteiger partial charge on any atom is -0.192 e. The minimum absolute atomic E-state index is 0.332. The Balaban J connectivity index is 3.62. The molecular formula is C23H3F12N5. The Morgan fingerprint density at radius 3 is 1.25 bits per heavy atom. The van der Waals surface area contributed by atoms with E-state index in [0.717, 1.165) is 24.3 Å². The molecule has 0 aromatic heterocycles. The second-order valence-corrected chi connectivity index (χ2v) is 7.34. The van der Waals surface area contributed by atoms with Crippen LogP contribution in [0, 0.1) is 56.7 Å². The predicted molar refractivity (Wildman–Crippen MR) is 104 cm³/mol. The number of nitriles is 5. The van der Waals surface area contributed by atoms with E-state index >= 15 is 0 Å². The van der Waals surface area contributed by atoms with Gasteiger partial charge in [-0.3, -0.25) is 0 Å². The quantitative estimate of drug-likeness (QED) is 0.419. The number of alkyl halides is 12. The van der Waals surface area contributed by atoms with Gasteiger partial charge < -0.3 is 0 Å². The van der Waals surface area contributed by atoms with Crippen LogP contribution in [0.3, 0.4) is 0 Å². The van der Waals surface area contributed by atoms with E-state index in [4.69, 9.17) is 15.8 Å². The van der Waals surface area contributed by atoms with E-state index in [1.165, 1.54) is 0 Å². The zero-order valence-electron chi connectivity index (χ0n) is 18.5. The smallest absolute Gasteiger partial charge is 0.192 e. The Morgan fingerprint density at radius 1 is 0.525 bits per heavy atom. The number of hydrogen-bond donors (Lipinski definition) is 0. The highest BCUT2D eigenvalue weighted by Crippen LogP contribution is 2.41. The zero-order valence-corrected chi connectivity index (χ0v) is 18.5. The zero-order chi connectivity index (χ0) is 31.0. The molecule has 0 aliphatic heterocycles. The summed E-state index contributed by atoms with van der Waals surface area (Å²) in [6.45, 7) is 0. The van der Waals surface area contributed by atoms with Crippen molar-refractivity contribution in [3.05, 3.63) is 67.6 Å². The molecule has 0 unspecified atom stereocenters. The van der Waals surface area contributed by atoms with Crippen LogP contribution in [0.25, 0.3) is 11.1 Å². The molecule has 0 amide bonds. The van der Waals surface area contributed by atoms with Crippen LogP contribution in [0.15, 0.2) is 18.2 Å². The second kappa shape index (κ2) is 10.2. The third-order valence-corrected chi connectivity index (χ3v) is 5.03. The van der Waals surface area contributed by atoms with Gasteiger partial charge in [0.2, 0.25) is 0 Å². The molecule has 2 rings (SSSR count). The molecule has 5 nitrogen and oxygen atoms in total. The molecule has 0 atom stereocenters. The van der Waals surface area contributed by atoms with Gasteiger partial charge in [-0.15, -0.1) is 0 Å². The molecule has 2 aromatic carbocycles. The number of rotatable bonds is 1. The average molecular weight is 577 g/mol. The van der Waals surface area contributed by atoms with Gasteiger partial charge in [0.25, 0.3) is 0 Å². The Hall–Kier alpha value is -5.21. The van der Waals surface area contributed by atoms with Gasteiger partial charge in [0.15, 0.2) is 0 Å². The molecule has 0 aliphatic carbocycles. The molecular weight excluding hydrogens is 574 g/mol. The first-order chi connectivity index (χ1) is 18.2. The molecule has 0 saturated heterocycles. The Kier molecular flexibility index (Phi) is 7.88. The molecule has 204 valence electrons. The first-order valence-corrected chi connectivity index (χ1v) is 9.62. The Labute approximate surface area is 213 Å². The summed E-state index contributed by atoms with van der Waals surface area (Å²) >= 11 is 0. The maximum Gasteiger partial charge on any atom is 0.418 e. The van der Waals surface area contributed by atoms with Crippen LogP contribution in [0.4, 0.5) is 52.7 Å². The molecule has 0 N–H and O–H groups in total. The van der Waals surface area contributed by atoms with Crippen LogP contribution in [-0.2, 0) is 24.7 Å². The molecule has 0 radical (unpaired) electrons. The Bertz CT molecular complexity index is 1690. The standard InChI is InChI=1S/C23H3F12N5/c24-20(25,26)15-1-9(2-16(14(15)8-40)21(27,28)29)12(6-38)18-17(22(30,31)32)3-11(10(4-36)5-37)13(7-39)19(18)23(33,34)35/h1-3H/b18-12-. The first kappa shape index (κ1) is 31.0. The molecule has 0 saturated carbocycles. The number of halogens is 12. The maximum absolute atomic E-state index is 14.2. The van der Waals surface area contributed by atoms with Crippen LogP contribution in [-0.4, -0.2) is 0 Å². The maximum atomic E-state index is 14.2. The van der Waals surface area contributed by atoms with E-state index in [1.54, 1.807) is 0 Å². The van der Waals surface area contributed by atoms with E-state index in [-0.39, 0.29) is 6.07 Å². The van der Waals surface area contributed by atoms with Crippen molar-refractivity contribution in [3.63, 3.8) is 0 Å². The van der Waals surface area contributed by atoms with E-state index in [1.807, 2.05) is 0 Å². The van der Waals surface area contributed by atoms with E-state index in [2.05, 4.69) is 0 Å². The number of hydrogen-bond acceptors (Lipinski definition) is 5. The van der Waals surface area contributed by atoms with Crippen LogP contribution >= 0.6 is 0 Å². The van der Waals surface area contributed by atoms with Gasteiger partial charge >= 0.3 is 24.7 Å². The van der Waals surface area contributed by atoms with Crippen LogP contribution in [0.1, 0.15) is 38.9 Å². The van der Waals surface area contributed by atoms with Crippen molar-refractivity contribution in [2.24, 2.45) is 0 Å². The molecule has 40 heavy (non-hydrogen) atoms. The van der Waals surface area contributed by atoms with Gasteiger partial charge in [-0.05, 0) is 23.8 Å². The van der Waals surface area contributed by atoms with E-state index in [0.29, 0.717) is 6.07 Å². The fourth-order valence-electron chi connectivity index (χ4n) is 3.53. The van der Waals surface area contributed by atoms with Crippen molar-refractivity contribution in [2.45, 2.75) is 24.7 Å². The average Bonchev–Trinajstić information content (AvgIpc) is 2.82. The largest absolute Gasteiger partial charge is 0.418 e. The summed E-state index contributed by atoms with van der Waals surface area (Å²) in [5.74, 6) is 0. The normalized spacial score (nSPS) is 12.8. The predicted octanol–water partition coefficient (Wildman–Crippen LogP) is 5.43. The van der Waals surface area contributed by atoms with Crippen molar-refractivity contribution in [1.82, 2.24) is 0 Å². The highest BCUT2D eigenvalue weighted by Gasteiger charge is 2.45. The highest BCUT2D eigenvalue weighted by molar-refractivity contribution is 5.81. The van der Waals surface area contributed by atoms with Crippen LogP contribution in [0.2, 0.25) is 0 Å². The lowest BCUT2D eigenvalue weighted by Gasteiger charge is -2.19. The summed E-state index contributed by atoms with van der Waals surface area (Å²) in [5.41, 5.74) is -19.2. The molecule has 0 heterocycles. The van der Waals surface area contributed by atoms with Gasteiger partial charge in [0.05, 0.1) is 39.0 Å². The summed E-state index contributed by atoms with van der Waals surface area (Å²) in [7, 11) is 0. The third kappa shape index (κ3) is 5.62. The summed E-state index contributed by atoms with van der Waals surface area (Å²) in [6.07, 6.45) is -23.6. The van der Waals surface area contributed by atoms with Gasteiger partial charge in [-0.2, -0.15) is 79.0 Å². The molecule has 0 spiro atoms. The SMILES string of the molecule is N#CC(C#N)=c1cc(C(F)(F)F)/c(=C(\C#N)c2cc(C(F)(F)F)c(C#N)c(C(F)(F)F)c2)c(C(F)(F)F)c1C#N. The van der Waals surface area contributed by atoms with Gasteiger partial charge in [0, 0.05) is 10.4 Å². The van der Waals surface area contributed by atoms with Gasteiger partial charge in [-0.25, -0.2) is 0 Å². The van der Waals surface area contributed by atoms with E-state index in [9.17, 15) is 63.2 Å². The number of benzene rings is 2. The van der Waals surface area contributed by atoms with Crippen molar-refractivity contribution in [3.8, 4) is 30.3 Å². The number of nitrogens with zero attached hydrogens (tertiary/aromatic N) is 5. The lowest BCUT2D eigenvalue weighted by molar-refractivity contribution is -0.146. The third-order valence-electron chi connectivity index (χ3n) is 5.03. The van der Waals surface area contributed by atoms with Crippen LogP contribution < -0.4 is 10.4 Å². The lowest BCUT2D eigenvalue weighted by atomic mass is 9.88. The van der Waals surface area contributed by atoms with Crippen molar-refractivity contribution < 1.29 is 52.7 Å². The summed E-state index contributed by atoms with van der Waals surface area (Å²) in [4.78, 5) is 0. The van der Waals surface area contributed by atoms with Gasteiger partial charge in [-0.1, -0.05) is 0 Å². The second-order valence-electron chi connectivity index (χ2n) is 7.34. The minimum atomic E-state index is -6.05.